The van der Waals surface area contributed by atoms with Crippen molar-refractivity contribution < 1.29 is 9.18 Å². The monoisotopic (exact) mass is 295 g/mol. The van der Waals surface area contributed by atoms with Crippen LogP contribution in [0.3, 0.4) is 0 Å². The SMILES string of the molecule is CCc1nn(C)cc1CNC(=O)c1cc(Cl)ccc1F. The summed E-state index contributed by atoms with van der Waals surface area (Å²) in [4.78, 5) is 12.0. The molecule has 4 nitrogen and oxygen atoms in total. The lowest BCUT2D eigenvalue weighted by atomic mass is 10.1. The van der Waals surface area contributed by atoms with Crippen LogP contribution in [0, 0.1) is 5.82 Å². The summed E-state index contributed by atoms with van der Waals surface area (Å²) >= 11 is 5.77. The molecule has 20 heavy (non-hydrogen) atoms. The molecule has 0 aliphatic carbocycles. The first-order valence-electron chi connectivity index (χ1n) is 6.26. The first-order chi connectivity index (χ1) is 9.51. The second-order valence-electron chi connectivity index (χ2n) is 4.44. The molecule has 106 valence electrons. The zero-order valence-electron chi connectivity index (χ0n) is 11.3. The molecule has 1 N–H and O–H groups in total. The van der Waals surface area contributed by atoms with Crippen molar-refractivity contribution >= 4 is 17.5 Å². The Kier molecular flexibility index (Phi) is 4.39. The number of aryl methyl sites for hydroxylation is 2. The molecule has 0 fully saturated rings. The number of nitrogens with one attached hydrogen (secondary N) is 1. The van der Waals surface area contributed by atoms with Crippen LogP contribution in [-0.4, -0.2) is 15.7 Å². The van der Waals surface area contributed by atoms with Gasteiger partial charge in [0.1, 0.15) is 5.82 Å². The molecule has 1 aromatic heterocycles. The quantitative estimate of drug-likeness (QED) is 0.943. The predicted molar refractivity (Wildman–Crippen MR) is 75.2 cm³/mol. The standard InChI is InChI=1S/C14H15ClFN3O/c1-3-13-9(8-19(2)18-13)7-17-14(20)11-6-10(15)4-5-12(11)16/h4-6,8H,3,7H2,1-2H3,(H,17,20). The van der Waals surface area contributed by atoms with Crippen molar-refractivity contribution in [2.24, 2.45) is 7.05 Å². The minimum atomic E-state index is -0.589. The Balaban J connectivity index is 2.10. The van der Waals surface area contributed by atoms with E-state index in [4.69, 9.17) is 11.6 Å². The van der Waals surface area contributed by atoms with Gasteiger partial charge in [0.25, 0.3) is 5.91 Å². The van der Waals surface area contributed by atoms with E-state index < -0.39 is 11.7 Å². The van der Waals surface area contributed by atoms with Crippen molar-refractivity contribution in [1.29, 1.82) is 0 Å². The molecule has 0 bridgehead atoms. The highest BCUT2D eigenvalue weighted by atomic mass is 35.5. The molecule has 0 atom stereocenters. The first-order valence-corrected chi connectivity index (χ1v) is 6.63. The minimum Gasteiger partial charge on any atom is -0.348 e. The Morgan fingerprint density at radius 2 is 2.25 bits per heavy atom. The lowest BCUT2D eigenvalue weighted by molar-refractivity contribution is 0.0947. The third-order valence-corrected chi connectivity index (χ3v) is 3.17. The second-order valence-corrected chi connectivity index (χ2v) is 4.87. The van der Waals surface area contributed by atoms with Gasteiger partial charge in [0.15, 0.2) is 0 Å². The highest BCUT2D eigenvalue weighted by Crippen LogP contribution is 2.15. The first kappa shape index (κ1) is 14.5. The van der Waals surface area contributed by atoms with E-state index in [1.54, 1.807) is 4.68 Å². The van der Waals surface area contributed by atoms with Crippen molar-refractivity contribution in [2.45, 2.75) is 19.9 Å². The van der Waals surface area contributed by atoms with Gasteiger partial charge in [-0.3, -0.25) is 9.48 Å². The summed E-state index contributed by atoms with van der Waals surface area (Å²) < 4.78 is 15.3. The third-order valence-electron chi connectivity index (χ3n) is 2.94. The summed E-state index contributed by atoms with van der Waals surface area (Å²) in [5.74, 6) is -1.08. The molecule has 0 aliphatic rings. The smallest absolute Gasteiger partial charge is 0.254 e. The van der Waals surface area contributed by atoms with E-state index in [9.17, 15) is 9.18 Å². The maximum Gasteiger partial charge on any atom is 0.254 e. The topological polar surface area (TPSA) is 46.9 Å². The van der Waals surface area contributed by atoms with Crippen LogP contribution in [-0.2, 0) is 20.0 Å². The molecule has 0 saturated carbocycles. The van der Waals surface area contributed by atoms with Crippen LogP contribution in [0.25, 0.3) is 0 Å². The molecule has 1 heterocycles. The largest absolute Gasteiger partial charge is 0.348 e. The molecule has 0 aliphatic heterocycles. The molecule has 0 radical (unpaired) electrons. The summed E-state index contributed by atoms with van der Waals surface area (Å²) in [6.45, 7) is 2.30. The summed E-state index contributed by atoms with van der Waals surface area (Å²) in [7, 11) is 1.82. The van der Waals surface area contributed by atoms with Crippen LogP contribution in [0.1, 0.15) is 28.5 Å². The van der Waals surface area contributed by atoms with Gasteiger partial charge in [-0.15, -0.1) is 0 Å². The fourth-order valence-corrected chi connectivity index (χ4v) is 2.14. The maximum atomic E-state index is 13.6. The van der Waals surface area contributed by atoms with Gasteiger partial charge in [0.2, 0.25) is 0 Å². The van der Waals surface area contributed by atoms with Gasteiger partial charge in [-0.1, -0.05) is 18.5 Å². The van der Waals surface area contributed by atoms with Gasteiger partial charge >= 0.3 is 0 Å². The normalized spacial score (nSPS) is 10.6. The number of halogens is 2. The van der Waals surface area contributed by atoms with Crippen LogP contribution in [0.15, 0.2) is 24.4 Å². The van der Waals surface area contributed by atoms with E-state index in [-0.39, 0.29) is 5.56 Å². The number of hydrogen-bond acceptors (Lipinski definition) is 2. The molecule has 1 amide bonds. The summed E-state index contributed by atoms with van der Waals surface area (Å²) in [6, 6.07) is 3.90. The Hall–Kier alpha value is -1.88. The van der Waals surface area contributed by atoms with Crippen LogP contribution < -0.4 is 5.32 Å². The Morgan fingerprint density at radius 1 is 1.50 bits per heavy atom. The van der Waals surface area contributed by atoms with E-state index in [2.05, 4.69) is 10.4 Å². The van der Waals surface area contributed by atoms with Gasteiger partial charge < -0.3 is 5.32 Å². The Bertz CT molecular complexity index is 639. The highest BCUT2D eigenvalue weighted by molar-refractivity contribution is 6.30. The molecule has 0 saturated heterocycles. The number of nitrogens with zero attached hydrogens (tertiary/aromatic N) is 2. The minimum absolute atomic E-state index is 0.0561. The summed E-state index contributed by atoms with van der Waals surface area (Å²) in [5.41, 5.74) is 1.78. The molecule has 0 spiro atoms. The number of benzene rings is 1. The molecule has 1 aromatic carbocycles. The van der Waals surface area contributed by atoms with Crippen molar-refractivity contribution in [1.82, 2.24) is 15.1 Å². The van der Waals surface area contributed by atoms with Crippen LogP contribution >= 0.6 is 11.6 Å². The molecule has 0 unspecified atom stereocenters. The summed E-state index contributed by atoms with van der Waals surface area (Å²) in [6.07, 6.45) is 2.62. The van der Waals surface area contributed by atoms with Crippen LogP contribution in [0.4, 0.5) is 4.39 Å². The van der Waals surface area contributed by atoms with Gasteiger partial charge in [-0.2, -0.15) is 5.10 Å². The van der Waals surface area contributed by atoms with Gasteiger partial charge in [-0.05, 0) is 24.6 Å². The van der Waals surface area contributed by atoms with Crippen LogP contribution in [0.5, 0.6) is 0 Å². The number of aromatic nitrogens is 2. The fraction of sp³-hybridized carbons (Fsp3) is 0.286. The van der Waals surface area contributed by atoms with Crippen LogP contribution in [0.2, 0.25) is 5.02 Å². The average molecular weight is 296 g/mol. The molecular formula is C14H15ClFN3O. The molecule has 6 heteroatoms. The second kappa shape index (κ2) is 6.05. The van der Waals surface area contributed by atoms with E-state index >= 15 is 0 Å². The highest BCUT2D eigenvalue weighted by Gasteiger charge is 2.13. The fourth-order valence-electron chi connectivity index (χ4n) is 1.97. The summed E-state index contributed by atoms with van der Waals surface area (Å²) in [5, 5.41) is 7.29. The van der Waals surface area contributed by atoms with Gasteiger partial charge in [0.05, 0.1) is 11.3 Å². The molecular weight excluding hydrogens is 281 g/mol. The van der Waals surface area contributed by atoms with Crippen molar-refractivity contribution in [3.05, 3.63) is 52.1 Å². The lowest BCUT2D eigenvalue weighted by Gasteiger charge is -2.06. The van der Waals surface area contributed by atoms with Crippen molar-refractivity contribution in [3.63, 3.8) is 0 Å². The zero-order chi connectivity index (χ0) is 14.7. The van der Waals surface area contributed by atoms with Gasteiger partial charge in [0, 0.05) is 30.4 Å². The number of carbonyl (C=O) groups excluding carboxylic acids is 1. The molecule has 2 rings (SSSR count). The zero-order valence-corrected chi connectivity index (χ0v) is 12.0. The van der Waals surface area contributed by atoms with Gasteiger partial charge in [-0.25, -0.2) is 4.39 Å². The Morgan fingerprint density at radius 3 is 2.95 bits per heavy atom. The van der Waals surface area contributed by atoms with E-state index in [0.717, 1.165) is 17.7 Å². The number of amides is 1. The number of carbonyl (C=O) groups is 1. The van der Waals surface area contributed by atoms with Crippen molar-refractivity contribution in [3.8, 4) is 0 Å². The third kappa shape index (κ3) is 3.17. The van der Waals surface area contributed by atoms with E-state index in [1.807, 2.05) is 20.2 Å². The number of rotatable bonds is 4. The molecule has 2 aromatic rings. The van der Waals surface area contributed by atoms with Crippen molar-refractivity contribution in [2.75, 3.05) is 0 Å². The Labute approximate surface area is 121 Å². The maximum absolute atomic E-state index is 13.6. The number of hydrogen-bond donors (Lipinski definition) is 1. The average Bonchev–Trinajstić information content (AvgIpc) is 2.79. The lowest BCUT2D eigenvalue weighted by Crippen LogP contribution is -2.24. The predicted octanol–water partition coefficient (Wildman–Crippen LogP) is 2.71. The van der Waals surface area contributed by atoms with E-state index in [0.29, 0.717) is 11.6 Å². The van der Waals surface area contributed by atoms with E-state index in [1.165, 1.54) is 18.2 Å².